The maximum Gasteiger partial charge on any atom is 0.243 e. The second-order valence-corrected chi connectivity index (χ2v) is 9.95. The minimum atomic E-state index is -3.58. The maximum absolute atomic E-state index is 14.1. The summed E-state index contributed by atoms with van der Waals surface area (Å²) < 4.78 is 47.0. The van der Waals surface area contributed by atoms with Gasteiger partial charge in [0.1, 0.15) is 11.6 Å². The lowest BCUT2D eigenvalue weighted by molar-refractivity contribution is 0.102. The van der Waals surface area contributed by atoms with Crippen LogP contribution in [-0.4, -0.2) is 45.0 Å². The van der Waals surface area contributed by atoms with Crippen molar-refractivity contribution in [2.75, 3.05) is 20.2 Å². The normalized spacial score (nSPS) is 23.2. The number of nitrogens with one attached hydrogen (secondary N) is 1. The fourth-order valence-corrected chi connectivity index (χ4v) is 6.17. The molecule has 0 aromatic heterocycles. The number of hydrogen-bond donors (Lipinski definition) is 1. The van der Waals surface area contributed by atoms with Gasteiger partial charge in [0.2, 0.25) is 10.0 Å². The van der Waals surface area contributed by atoms with Crippen LogP contribution < -0.4 is 10.1 Å². The molecule has 6 rings (SSSR count). The Balaban J connectivity index is 1.33. The van der Waals surface area contributed by atoms with Gasteiger partial charge in [-0.1, -0.05) is 48.5 Å². The summed E-state index contributed by atoms with van der Waals surface area (Å²) in [6, 6.07) is 21.3. The van der Waals surface area contributed by atoms with Gasteiger partial charge in [-0.25, -0.2) is 12.8 Å². The van der Waals surface area contributed by atoms with E-state index in [9.17, 15) is 12.8 Å². The highest BCUT2D eigenvalue weighted by Crippen LogP contribution is 2.39. The van der Waals surface area contributed by atoms with E-state index in [1.54, 1.807) is 40.7 Å². The molecule has 160 valence electrons. The van der Waals surface area contributed by atoms with Crippen LogP contribution in [0.15, 0.2) is 77.7 Å². The van der Waals surface area contributed by atoms with E-state index >= 15 is 0 Å². The molecule has 7 heteroatoms. The summed E-state index contributed by atoms with van der Waals surface area (Å²) in [5, 5.41) is 3.47. The highest BCUT2D eigenvalue weighted by molar-refractivity contribution is 7.89. The average molecular weight is 439 g/mol. The number of ether oxygens (including phenoxy) is 1. The molecule has 3 aliphatic heterocycles. The zero-order valence-electron chi connectivity index (χ0n) is 17.0. The molecule has 0 amide bonds. The Labute approximate surface area is 181 Å². The van der Waals surface area contributed by atoms with E-state index in [1.807, 2.05) is 30.3 Å². The van der Waals surface area contributed by atoms with Crippen LogP contribution in [0.1, 0.15) is 11.5 Å². The smallest absolute Gasteiger partial charge is 0.243 e. The van der Waals surface area contributed by atoms with Crippen LogP contribution >= 0.6 is 0 Å². The standard InChI is InChI=1S/C24H23FN2O3S/c1-30-18-5-4-6-19(13-18)31(28,29)27-14-22-24(23(15-27)26-22)17-11-9-16(10-12-17)20-7-2-3-8-21(20)25/h2-13,22-24,26H,14-15H2,1H3/t22-,23+,24?. The van der Waals surface area contributed by atoms with Crippen molar-refractivity contribution in [3.8, 4) is 16.9 Å². The number of rotatable bonds is 5. The molecule has 31 heavy (non-hydrogen) atoms. The predicted molar refractivity (Wildman–Crippen MR) is 117 cm³/mol. The molecule has 1 unspecified atom stereocenters. The zero-order chi connectivity index (χ0) is 21.6. The van der Waals surface area contributed by atoms with E-state index in [0.717, 1.165) is 11.1 Å². The lowest BCUT2D eigenvalue weighted by Crippen LogP contribution is -2.72. The van der Waals surface area contributed by atoms with Gasteiger partial charge < -0.3 is 10.1 Å². The topological polar surface area (TPSA) is 58.6 Å². The monoisotopic (exact) mass is 438 g/mol. The van der Waals surface area contributed by atoms with Gasteiger partial charge in [-0.2, -0.15) is 4.31 Å². The van der Waals surface area contributed by atoms with Gasteiger partial charge in [0.25, 0.3) is 0 Å². The molecule has 2 bridgehead atoms. The third kappa shape index (κ3) is 3.52. The fourth-order valence-electron chi connectivity index (χ4n) is 4.64. The molecule has 3 aromatic carbocycles. The molecule has 0 aliphatic carbocycles. The van der Waals surface area contributed by atoms with Crippen LogP contribution in [0.4, 0.5) is 4.39 Å². The number of halogens is 1. The van der Waals surface area contributed by atoms with Gasteiger partial charge in [-0.3, -0.25) is 0 Å². The highest BCUT2D eigenvalue weighted by Gasteiger charge is 2.49. The molecule has 0 radical (unpaired) electrons. The van der Waals surface area contributed by atoms with E-state index in [0.29, 0.717) is 24.4 Å². The van der Waals surface area contributed by atoms with Crippen molar-refractivity contribution in [3.05, 3.63) is 84.2 Å². The summed E-state index contributed by atoms with van der Waals surface area (Å²) in [5.41, 5.74) is 2.56. The summed E-state index contributed by atoms with van der Waals surface area (Å²) in [6.07, 6.45) is 0. The summed E-state index contributed by atoms with van der Waals surface area (Å²) >= 11 is 0. The molecular formula is C24H23FN2O3S. The molecule has 3 atom stereocenters. The second-order valence-electron chi connectivity index (χ2n) is 8.01. The Morgan fingerprint density at radius 2 is 1.68 bits per heavy atom. The molecule has 0 spiro atoms. The molecule has 1 N–H and O–H groups in total. The van der Waals surface area contributed by atoms with Crippen molar-refractivity contribution in [1.29, 1.82) is 0 Å². The molecule has 3 aliphatic rings. The maximum atomic E-state index is 14.1. The predicted octanol–water partition coefficient (Wildman–Crippen LogP) is 3.63. The van der Waals surface area contributed by atoms with Crippen LogP contribution in [0.3, 0.4) is 0 Å². The molecular weight excluding hydrogens is 415 g/mol. The van der Waals surface area contributed by atoms with Crippen molar-refractivity contribution in [1.82, 2.24) is 9.62 Å². The first-order valence-corrected chi connectivity index (χ1v) is 11.7. The third-order valence-electron chi connectivity index (χ3n) is 6.26. The van der Waals surface area contributed by atoms with E-state index in [2.05, 4.69) is 5.32 Å². The number of nitrogens with zero attached hydrogens (tertiary/aromatic N) is 1. The highest BCUT2D eigenvalue weighted by atomic mass is 32.2. The first-order valence-electron chi connectivity index (χ1n) is 10.2. The number of sulfonamides is 1. The van der Waals surface area contributed by atoms with Crippen molar-refractivity contribution < 1.29 is 17.5 Å². The van der Waals surface area contributed by atoms with E-state index in [-0.39, 0.29) is 28.7 Å². The first kappa shape index (κ1) is 20.2. The van der Waals surface area contributed by atoms with E-state index in [1.165, 1.54) is 13.2 Å². The van der Waals surface area contributed by atoms with Crippen molar-refractivity contribution in [2.45, 2.75) is 22.9 Å². The minimum Gasteiger partial charge on any atom is -0.497 e. The molecule has 3 saturated heterocycles. The summed E-state index contributed by atoms with van der Waals surface area (Å²) in [4.78, 5) is 0.249. The van der Waals surface area contributed by atoms with Gasteiger partial charge in [-0.05, 0) is 29.3 Å². The number of methoxy groups -OCH3 is 1. The molecule has 3 aromatic rings. The average Bonchev–Trinajstić information content (AvgIpc) is 2.80. The van der Waals surface area contributed by atoms with Gasteiger partial charge in [0.15, 0.2) is 0 Å². The minimum absolute atomic E-state index is 0.0541. The molecule has 3 heterocycles. The van der Waals surface area contributed by atoms with Gasteiger partial charge in [-0.15, -0.1) is 0 Å². The van der Waals surface area contributed by atoms with Gasteiger partial charge in [0, 0.05) is 42.7 Å². The quantitative estimate of drug-likeness (QED) is 0.661. The Bertz CT molecular complexity index is 1200. The van der Waals surface area contributed by atoms with Crippen molar-refractivity contribution in [3.63, 3.8) is 0 Å². The van der Waals surface area contributed by atoms with Crippen LogP contribution in [-0.2, 0) is 10.0 Å². The summed E-state index contributed by atoms with van der Waals surface area (Å²) in [6.45, 7) is 0.825. The number of benzene rings is 3. The lowest BCUT2D eigenvalue weighted by Gasteiger charge is -2.54. The Morgan fingerprint density at radius 1 is 0.968 bits per heavy atom. The van der Waals surface area contributed by atoms with Crippen LogP contribution in [0.2, 0.25) is 0 Å². The number of piperidine rings is 1. The molecule has 5 nitrogen and oxygen atoms in total. The van der Waals surface area contributed by atoms with Crippen LogP contribution in [0.5, 0.6) is 5.75 Å². The van der Waals surface area contributed by atoms with E-state index < -0.39 is 10.0 Å². The van der Waals surface area contributed by atoms with Gasteiger partial charge >= 0.3 is 0 Å². The lowest BCUT2D eigenvalue weighted by atomic mass is 9.75. The van der Waals surface area contributed by atoms with E-state index in [4.69, 9.17) is 4.74 Å². The first-order chi connectivity index (χ1) is 15.0. The summed E-state index contributed by atoms with van der Waals surface area (Å²) in [7, 11) is -2.06. The summed E-state index contributed by atoms with van der Waals surface area (Å²) in [5.74, 6) is 0.524. The van der Waals surface area contributed by atoms with Gasteiger partial charge in [0.05, 0.1) is 12.0 Å². The number of piperazine rings is 1. The Hall–Kier alpha value is -2.74. The van der Waals surface area contributed by atoms with Crippen LogP contribution in [0.25, 0.3) is 11.1 Å². The van der Waals surface area contributed by atoms with Crippen molar-refractivity contribution >= 4 is 10.0 Å². The Morgan fingerprint density at radius 3 is 2.35 bits per heavy atom. The van der Waals surface area contributed by atoms with Crippen LogP contribution in [0, 0.1) is 5.82 Å². The number of hydrogen-bond acceptors (Lipinski definition) is 4. The molecule has 0 saturated carbocycles. The Kier molecular flexibility index (Phi) is 5.04. The number of fused-ring (bicyclic) bond motifs is 2. The fraction of sp³-hybridized carbons (Fsp3) is 0.250. The largest absolute Gasteiger partial charge is 0.497 e. The third-order valence-corrected chi connectivity index (χ3v) is 8.08. The van der Waals surface area contributed by atoms with Crippen molar-refractivity contribution in [2.24, 2.45) is 0 Å². The zero-order valence-corrected chi connectivity index (χ0v) is 17.8. The SMILES string of the molecule is COc1cccc(S(=O)(=O)N2C[C@@H]3N[C@H](C2)C3c2ccc(-c3ccccc3F)cc2)c1. The second kappa shape index (κ2) is 7.75. The molecule has 3 fully saturated rings.